The van der Waals surface area contributed by atoms with Crippen molar-refractivity contribution in [3.8, 4) is 11.5 Å². The van der Waals surface area contributed by atoms with Crippen molar-refractivity contribution in [2.45, 2.75) is 6.92 Å². The summed E-state index contributed by atoms with van der Waals surface area (Å²) in [7, 11) is 1.66. The van der Waals surface area contributed by atoms with E-state index < -0.39 is 0 Å². The standard InChI is InChI=1S/C14H13NO2/c1-8-6-10-9-4-3-5-13(17-2)14(9)15-11(10)7-12(8)16/h3-7,15-16H,1-2H3. The number of H-pyrrole nitrogens is 1. The van der Waals surface area contributed by atoms with Crippen molar-refractivity contribution < 1.29 is 9.84 Å². The van der Waals surface area contributed by atoms with Crippen LogP contribution in [-0.2, 0) is 0 Å². The zero-order valence-corrected chi connectivity index (χ0v) is 9.74. The first-order valence-electron chi connectivity index (χ1n) is 5.48. The number of para-hydroxylation sites is 1. The van der Waals surface area contributed by atoms with Crippen LogP contribution < -0.4 is 4.74 Å². The first kappa shape index (κ1) is 10.0. The minimum absolute atomic E-state index is 0.308. The van der Waals surface area contributed by atoms with E-state index in [-0.39, 0.29) is 0 Å². The van der Waals surface area contributed by atoms with Crippen LogP contribution >= 0.6 is 0 Å². The number of ether oxygens (including phenoxy) is 1. The van der Waals surface area contributed by atoms with E-state index in [2.05, 4.69) is 4.98 Å². The third kappa shape index (κ3) is 1.35. The maximum atomic E-state index is 9.72. The van der Waals surface area contributed by atoms with Gasteiger partial charge in [-0.2, -0.15) is 0 Å². The summed E-state index contributed by atoms with van der Waals surface area (Å²) >= 11 is 0. The molecule has 0 aliphatic heterocycles. The Hall–Kier alpha value is -2.16. The molecule has 3 heteroatoms. The van der Waals surface area contributed by atoms with E-state index >= 15 is 0 Å². The van der Waals surface area contributed by atoms with Crippen LogP contribution in [0.1, 0.15) is 5.56 Å². The Morgan fingerprint density at radius 2 is 2.00 bits per heavy atom. The van der Waals surface area contributed by atoms with E-state index in [1.54, 1.807) is 13.2 Å². The van der Waals surface area contributed by atoms with E-state index in [1.807, 2.05) is 31.2 Å². The minimum atomic E-state index is 0.308. The highest BCUT2D eigenvalue weighted by Crippen LogP contribution is 2.34. The second-order valence-electron chi connectivity index (χ2n) is 4.19. The highest BCUT2D eigenvalue weighted by molar-refractivity contribution is 6.09. The van der Waals surface area contributed by atoms with Crippen molar-refractivity contribution in [2.75, 3.05) is 7.11 Å². The van der Waals surface area contributed by atoms with Gasteiger partial charge in [0.2, 0.25) is 0 Å². The molecule has 17 heavy (non-hydrogen) atoms. The van der Waals surface area contributed by atoms with Crippen LogP contribution in [0.4, 0.5) is 0 Å². The summed E-state index contributed by atoms with van der Waals surface area (Å²) in [6.07, 6.45) is 0. The van der Waals surface area contributed by atoms with Gasteiger partial charge in [-0.1, -0.05) is 12.1 Å². The Morgan fingerprint density at radius 1 is 1.18 bits per heavy atom. The van der Waals surface area contributed by atoms with Crippen molar-refractivity contribution in [1.29, 1.82) is 0 Å². The molecule has 0 aliphatic rings. The number of benzene rings is 2. The molecule has 1 aromatic heterocycles. The molecule has 2 N–H and O–H groups in total. The number of phenolic OH excluding ortho intramolecular Hbond substituents is 1. The molecule has 0 radical (unpaired) electrons. The van der Waals surface area contributed by atoms with E-state index in [1.165, 1.54) is 0 Å². The van der Waals surface area contributed by atoms with Gasteiger partial charge < -0.3 is 14.8 Å². The molecule has 86 valence electrons. The van der Waals surface area contributed by atoms with Crippen LogP contribution in [0.3, 0.4) is 0 Å². The fourth-order valence-corrected chi connectivity index (χ4v) is 2.21. The molecule has 0 aliphatic carbocycles. The van der Waals surface area contributed by atoms with Crippen molar-refractivity contribution >= 4 is 21.8 Å². The van der Waals surface area contributed by atoms with Crippen LogP contribution in [0.5, 0.6) is 11.5 Å². The molecule has 3 aromatic rings. The van der Waals surface area contributed by atoms with Crippen molar-refractivity contribution in [3.63, 3.8) is 0 Å². The van der Waals surface area contributed by atoms with Gasteiger partial charge in [0.25, 0.3) is 0 Å². The molecule has 0 unspecified atom stereocenters. The van der Waals surface area contributed by atoms with Gasteiger partial charge >= 0.3 is 0 Å². The number of aryl methyl sites for hydroxylation is 1. The summed E-state index contributed by atoms with van der Waals surface area (Å²) in [5, 5.41) is 11.9. The van der Waals surface area contributed by atoms with E-state index in [4.69, 9.17) is 4.74 Å². The minimum Gasteiger partial charge on any atom is -0.508 e. The fourth-order valence-electron chi connectivity index (χ4n) is 2.21. The van der Waals surface area contributed by atoms with Gasteiger partial charge in [0.1, 0.15) is 11.5 Å². The molecule has 0 fully saturated rings. The molecular weight excluding hydrogens is 214 g/mol. The number of aromatic hydroxyl groups is 1. The lowest BCUT2D eigenvalue weighted by molar-refractivity contribution is 0.419. The van der Waals surface area contributed by atoms with Gasteiger partial charge in [0.15, 0.2) is 0 Å². The largest absolute Gasteiger partial charge is 0.508 e. The smallest absolute Gasteiger partial charge is 0.142 e. The highest BCUT2D eigenvalue weighted by Gasteiger charge is 2.09. The molecule has 1 heterocycles. The molecule has 0 amide bonds. The zero-order chi connectivity index (χ0) is 12.0. The number of hydrogen-bond donors (Lipinski definition) is 2. The van der Waals surface area contributed by atoms with Crippen LogP contribution in [0.15, 0.2) is 30.3 Å². The first-order chi connectivity index (χ1) is 8.20. The van der Waals surface area contributed by atoms with Crippen LogP contribution in [-0.4, -0.2) is 17.2 Å². The molecule has 0 atom stereocenters. The highest BCUT2D eigenvalue weighted by atomic mass is 16.5. The van der Waals surface area contributed by atoms with Gasteiger partial charge in [0, 0.05) is 16.8 Å². The summed E-state index contributed by atoms with van der Waals surface area (Å²) in [6, 6.07) is 9.68. The molecule has 3 rings (SSSR count). The van der Waals surface area contributed by atoms with Gasteiger partial charge in [-0.15, -0.1) is 0 Å². The van der Waals surface area contributed by atoms with Gasteiger partial charge in [-0.25, -0.2) is 0 Å². The Labute approximate surface area is 98.6 Å². The maximum Gasteiger partial charge on any atom is 0.142 e. The number of methoxy groups -OCH3 is 1. The molecule has 3 nitrogen and oxygen atoms in total. The van der Waals surface area contributed by atoms with Crippen molar-refractivity contribution in [1.82, 2.24) is 4.98 Å². The van der Waals surface area contributed by atoms with E-state index in [9.17, 15) is 5.11 Å². The quantitative estimate of drug-likeness (QED) is 0.669. The number of fused-ring (bicyclic) bond motifs is 3. The third-order valence-corrected chi connectivity index (χ3v) is 3.13. The van der Waals surface area contributed by atoms with E-state index in [0.29, 0.717) is 5.75 Å². The number of hydrogen-bond acceptors (Lipinski definition) is 2. The Morgan fingerprint density at radius 3 is 2.76 bits per heavy atom. The first-order valence-corrected chi connectivity index (χ1v) is 5.48. The molecule has 2 aromatic carbocycles. The Kier molecular flexibility index (Phi) is 2.01. The van der Waals surface area contributed by atoms with Crippen molar-refractivity contribution in [3.05, 3.63) is 35.9 Å². The van der Waals surface area contributed by atoms with E-state index in [0.717, 1.165) is 33.1 Å². The lowest BCUT2D eigenvalue weighted by atomic mass is 10.1. The SMILES string of the molecule is COc1cccc2c1[nH]c1cc(O)c(C)cc12. The van der Waals surface area contributed by atoms with Gasteiger partial charge in [-0.3, -0.25) is 0 Å². The second kappa shape index (κ2) is 3.42. The van der Waals surface area contributed by atoms with Crippen LogP contribution in [0, 0.1) is 6.92 Å². The summed E-state index contributed by atoms with van der Waals surface area (Å²) in [5.74, 6) is 1.12. The topological polar surface area (TPSA) is 45.2 Å². The monoisotopic (exact) mass is 227 g/mol. The summed E-state index contributed by atoms with van der Waals surface area (Å²) in [6.45, 7) is 1.90. The zero-order valence-electron chi connectivity index (χ0n) is 9.74. The van der Waals surface area contributed by atoms with Crippen molar-refractivity contribution in [2.24, 2.45) is 0 Å². The number of aromatic nitrogens is 1. The number of phenols is 1. The van der Waals surface area contributed by atoms with Crippen LogP contribution in [0.25, 0.3) is 21.8 Å². The fraction of sp³-hybridized carbons (Fsp3) is 0.143. The number of rotatable bonds is 1. The maximum absolute atomic E-state index is 9.72. The molecule has 0 spiro atoms. The third-order valence-electron chi connectivity index (χ3n) is 3.13. The van der Waals surface area contributed by atoms with Crippen LogP contribution in [0.2, 0.25) is 0 Å². The second-order valence-corrected chi connectivity index (χ2v) is 4.19. The summed E-state index contributed by atoms with van der Waals surface area (Å²) in [4.78, 5) is 3.28. The molecular formula is C14H13NO2. The van der Waals surface area contributed by atoms with Gasteiger partial charge in [0.05, 0.1) is 18.1 Å². The predicted octanol–water partition coefficient (Wildman–Crippen LogP) is 3.34. The molecule has 0 saturated carbocycles. The average molecular weight is 227 g/mol. The molecule has 0 saturated heterocycles. The lowest BCUT2D eigenvalue weighted by Crippen LogP contribution is -1.82. The normalized spacial score (nSPS) is 11.2. The predicted molar refractivity (Wildman–Crippen MR) is 68.8 cm³/mol. The summed E-state index contributed by atoms with van der Waals surface area (Å²) < 4.78 is 5.32. The Bertz CT molecular complexity index is 713. The average Bonchev–Trinajstić information content (AvgIpc) is 2.67. The number of aromatic amines is 1. The summed E-state index contributed by atoms with van der Waals surface area (Å²) in [5.41, 5.74) is 2.77. The molecule has 0 bridgehead atoms. The Balaban J connectivity index is 2.50. The number of nitrogens with one attached hydrogen (secondary N) is 1. The van der Waals surface area contributed by atoms with Gasteiger partial charge in [-0.05, 0) is 24.6 Å². The lowest BCUT2D eigenvalue weighted by Gasteiger charge is -2.00.